The van der Waals surface area contributed by atoms with Crippen molar-refractivity contribution in [2.45, 2.75) is 31.5 Å². The average molecular weight is 399 g/mol. The summed E-state index contributed by atoms with van der Waals surface area (Å²) in [6, 6.07) is 16.0. The minimum atomic E-state index is -0.431. The van der Waals surface area contributed by atoms with E-state index in [9.17, 15) is 9.18 Å². The molecule has 2 aromatic carbocycles. The summed E-state index contributed by atoms with van der Waals surface area (Å²) in [5, 5.41) is 11.1. The van der Waals surface area contributed by atoms with E-state index >= 15 is 0 Å². The molecule has 0 unspecified atom stereocenters. The van der Waals surface area contributed by atoms with Crippen molar-refractivity contribution in [1.29, 1.82) is 0 Å². The van der Waals surface area contributed by atoms with E-state index in [1.165, 1.54) is 6.07 Å². The Morgan fingerprint density at radius 2 is 1.82 bits per heavy atom. The second kappa shape index (κ2) is 9.50. The minimum absolute atomic E-state index is 0.0500. The third-order valence-corrected chi connectivity index (χ3v) is 4.90. The van der Waals surface area contributed by atoms with Crippen LogP contribution < -0.4 is 5.32 Å². The van der Waals surface area contributed by atoms with Crippen LogP contribution in [0.5, 0.6) is 0 Å². The van der Waals surface area contributed by atoms with E-state index in [2.05, 4.69) is 29.4 Å². The normalized spacial score (nSPS) is 12.1. The number of thioether (sulfide) groups is 1. The molecule has 1 heterocycles. The molecule has 1 amide bonds. The van der Waals surface area contributed by atoms with Gasteiger partial charge in [0.15, 0.2) is 0 Å². The topological polar surface area (TPSA) is 68.0 Å². The number of benzene rings is 2. The lowest BCUT2D eigenvalue weighted by molar-refractivity contribution is -0.119. The first-order valence-corrected chi connectivity index (χ1v) is 10.1. The van der Waals surface area contributed by atoms with Gasteiger partial charge in [0.05, 0.1) is 17.4 Å². The van der Waals surface area contributed by atoms with Gasteiger partial charge in [-0.15, -0.1) is 10.2 Å². The third kappa shape index (κ3) is 5.42. The van der Waals surface area contributed by atoms with Gasteiger partial charge in [0.1, 0.15) is 5.82 Å². The number of halogens is 1. The van der Waals surface area contributed by atoms with Crippen LogP contribution in [0.1, 0.15) is 31.9 Å². The Bertz CT molecular complexity index is 915. The van der Waals surface area contributed by atoms with Crippen LogP contribution in [0.4, 0.5) is 4.39 Å². The summed E-state index contributed by atoms with van der Waals surface area (Å²) in [6.07, 6.45) is 0.846. The largest absolute Gasteiger partial charge is 0.411 e. The Kier molecular flexibility index (Phi) is 6.81. The first-order chi connectivity index (χ1) is 13.5. The molecule has 0 saturated carbocycles. The molecule has 0 aliphatic heterocycles. The summed E-state index contributed by atoms with van der Waals surface area (Å²) in [4.78, 5) is 12.4. The Labute approximate surface area is 167 Å². The molecule has 0 aliphatic carbocycles. The van der Waals surface area contributed by atoms with Gasteiger partial charge >= 0.3 is 0 Å². The van der Waals surface area contributed by atoms with Gasteiger partial charge in [-0.25, -0.2) is 4.39 Å². The Balaban J connectivity index is 1.60. The van der Waals surface area contributed by atoms with E-state index in [-0.39, 0.29) is 34.4 Å². The molecule has 1 N–H and O–H groups in total. The first kappa shape index (κ1) is 20.1. The van der Waals surface area contributed by atoms with E-state index in [0.717, 1.165) is 23.7 Å². The summed E-state index contributed by atoms with van der Waals surface area (Å²) < 4.78 is 19.3. The number of amides is 1. The fraction of sp³-hybridized carbons (Fsp3) is 0.286. The molecule has 3 aromatic rings. The summed E-state index contributed by atoms with van der Waals surface area (Å²) in [5.74, 6) is 0.130. The maximum Gasteiger partial charge on any atom is 0.277 e. The number of nitrogens with zero attached hydrogens (tertiary/aromatic N) is 2. The summed E-state index contributed by atoms with van der Waals surface area (Å²) >= 11 is 1.13. The van der Waals surface area contributed by atoms with Crippen LogP contribution in [0.25, 0.3) is 11.5 Å². The van der Waals surface area contributed by atoms with Crippen molar-refractivity contribution in [2.75, 3.05) is 5.75 Å². The van der Waals surface area contributed by atoms with Crippen molar-refractivity contribution in [2.24, 2.45) is 5.92 Å². The molecule has 28 heavy (non-hydrogen) atoms. The van der Waals surface area contributed by atoms with Crippen LogP contribution in [0.3, 0.4) is 0 Å². The van der Waals surface area contributed by atoms with Crippen LogP contribution in [-0.4, -0.2) is 21.9 Å². The maximum absolute atomic E-state index is 13.8. The number of hydrogen-bond acceptors (Lipinski definition) is 5. The number of rotatable bonds is 8. The highest BCUT2D eigenvalue weighted by Crippen LogP contribution is 2.26. The fourth-order valence-corrected chi connectivity index (χ4v) is 3.38. The molecule has 7 heteroatoms. The van der Waals surface area contributed by atoms with Crippen LogP contribution >= 0.6 is 11.8 Å². The van der Waals surface area contributed by atoms with Crippen molar-refractivity contribution in [3.8, 4) is 11.5 Å². The second-order valence-electron chi connectivity index (χ2n) is 6.80. The molecule has 0 spiro atoms. The smallest absolute Gasteiger partial charge is 0.277 e. The fourth-order valence-electron chi connectivity index (χ4n) is 2.81. The zero-order chi connectivity index (χ0) is 19.9. The van der Waals surface area contributed by atoms with Crippen LogP contribution in [-0.2, 0) is 4.79 Å². The Morgan fingerprint density at radius 1 is 1.11 bits per heavy atom. The van der Waals surface area contributed by atoms with Crippen molar-refractivity contribution in [1.82, 2.24) is 15.5 Å². The molecule has 1 atom stereocenters. The number of carbonyl (C=O) groups is 1. The average Bonchev–Trinajstić information content (AvgIpc) is 3.15. The molecule has 146 valence electrons. The Hall–Kier alpha value is -2.67. The number of nitrogens with one attached hydrogen (secondary N) is 1. The van der Waals surface area contributed by atoms with E-state index < -0.39 is 5.82 Å². The van der Waals surface area contributed by atoms with E-state index in [0.29, 0.717) is 5.92 Å². The summed E-state index contributed by atoms with van der Waals surface area (Å²) in [7, 11) is 0. The lowest BCUT2D eigenvalue weighted by atomic mass is 9.97. The molecule has 0 radical (unpaired) electrons. The third-order valence-electron chi connectivity index (χ3n) is 4.08. The molecule has 0 fully saturated rings. The molecule has 1 aromatic heterocycles. The zero-order valence-corrected chi connectivity index (χ0v) is 16.6. The van der Waals surface area contributed by atoms with Crippen molar-refractivity contribution < 1.29 is 13.6 Å². The van der Waals surface area contributed by atoms with Gasteiger partial charge in [0.25, 0.3) is 11.1 Å². The first-order valence-electron chi connectivity index (χ1n) is 9.08. The highest BCUT2D eigenvalue weighted by atomic mass is 32.2. The van der Waals surface area contributed by atoms with E-state index in [1.54, 1.807) is 18.2 Å². The second-order valence-corrected chi connectivity index (χ2v) is 7.73. The summed E-state index contributed by atoms with van der Waals surface area (Å²) in [6.45, 7) is 4.25. The molecule has 0 saturated heterocycles. The van der Waals surface area contributed by atoms with Gasteiger partial charge in [0, 0.05) is 0 Å². The molecule has 5 nitrogen and oxygen atoms in total. The molecule has 3 rings (SSSR count). The van der Waals surface area contributed by atoms with Gasteiger partial charge in [-0.3, -0.25) is 4.79 Å². The zero-order valence-electron chi connectivity index (χ0n) is 15.8. The monoisotopic (exact) mass is 399 g/mol. The van der Waals surface area contributed by atoms with Crippen LogP contribution in [0.2, 0.25) is 0 Å². The predicted octanol–water partition coefficient (Wildman–Crippen LogP) is 4.87. The van der Waals surface area contributed by atoms with Gasteiger partial charge in [-0.05, 0) is 30.0 Å². The number of aromatic nitrogens is 2. The molecular formula is C21H22FN3O2S. The molecular weight excluding hydrogens is 377 g/mol. The standard InChI is InChI=1S/C21H22FN3O2S/c1-14(2)12-18(15-8-4-3-5-9-15)23-19(26)13-28-21-25-24-20(27-21)16-10-6-7-11-17(16)22/h3-11,14,18H,12-13H2,1-2H3,(H,23,26)/t18-/m0/s1. The van der Waals surface area contributed by atoms with Crippen LogP contribution in [0.15, 0.2) is 64.2 Å². The summed E-state index contributed by atoms with van der Waals surface area (Å²) in [5.41, 5.74) is 1.32. The van der Waals surface area contributed by atoms with E-state index in [1.807, 2.05) is 30.3 Å². The lowest BCUT2D eigenvalue weighted by Gasteiger charge is -2.21. The molecule has 0 aliphatic rings. The minimum Gasteiger partial charge on any atom is -0.411 e. The van der Waals surface area contributed by atoms with Crippen molar-refractivity contribution in [3.05, 3.63) is 66.0 Å². The predicted molar refractivity (Wildman–Crippen MR) is 107 cm³/mol. The lowest BCUT2D eigenvalue weighted by Crippen LogP contribution is -2.30. The maximum atomic E-state index is 13.8. The van der Waals surface area contributed by atoms with Gasteiger partial charge in [-0.2, -0.15) is 0 Å². The quantitative estimate of drug-likeness (QED) is 0.547. The van der Waals surface area contributed by atoms with Crippen LogP contribution in [0, 0.1) is 11.7 Å². The van der Waals surface area contributed by atoms with Gasteiger partial charge in [-0.1, -0.05) is 68.1 Å². The number of hydrogen-bond donors (Lipinski definition) is 1. The van der Waals surface area contributed by atoms with Gasteiger partial charge in [0.2, 0.25) is 5.91 Å². The SMILES string of the molecule is CC(C)C[C@H](NC(=O)CSc1nnc(-c2ccccc2F)o1)c1ccccc1. The molecule has 0 bridgehead atoms. The Morgan fingerprint density at radius 3 is 2.54 bits per heavy atom. The van der Waals surface area contributed by atoms with Crippen molar-refractivity contribution >= 4 is 17.7 Å². The highest BCUT2D eigenvalue weighted by Gasteiger charge is 2.18. The number of carbonyl (C=O) groups excluding carboxylic acids is 1. The van der Waals surface area contributed by atoms with Gasteiger partial charge < -0.3 is 9.73 Å². The van der Waals surface area contributed by atoms with E-state index in [4.69, 9.17) is 4.42 Å². The highest BCUT2D eigenvalue weighted by molar-refractivity contribution is 7.99. The van der Waals surface area contributed by atoms with Crippen molar-refractivity contribution in [3.63, 3.8) is 0 Å².